The predicted molar refractivity (Wildman–Crippen MR) is 165 cm³/mol. The Bertz CT molecular complexity index is 758. The van der Waals surface area contributed by atoms with E-state index in [0.717, 1.165) is 26.2 Å². The summed E-state index contributed by atoms with van der Waals surface area (Å²) in [6, 6.07) is -1.28. The number of ether oxygens (including phenoxy) is 3. The van der Waals surface area contributed by atoms with Gasteiger partial charge in [0.2, 0.25) is 5.91 Å². The lowest BCUT2D eigenvalue weighted by atomic mass is 9.88. The molecule has 0 bridgehead atoms. The molecule has 0 aromatic heterocycles. The van der Waals surface area contributed by atoms with Crippen LogP contribution in [0.3, 0.4) is 0 Å². The third-order valence-electron chi connectivity index (χ3n) is 8.15. The first-order valence-electron chi connectivity index (χ1n) is 16.8. The van der Waals surface area contributed by atoms with Crippen LogP contribution < -0.4 is 5.32 Å². The summed E-state index contributed by atoms with van der Waals surface area (Å²) in [6.45, 7) is 2.38. The molecule has 0 aromatic carbocycles. The number of carboxylic acids is 1. The van der Waals surface area contributed by atoms with Crippen LogP contribution in [0.1, 0.15) is 123 Å². The molecule has 1 fully saturated rings. The number of unbranched alkanes of at least 4 members (excludes halogenated alkanes) is 15. The Kier molecular flexibility index (Phi) is 22.1. The van der Waals surface area contributed by atoms with E-state index in [1.54, 1.807) is 0 Å². The summed E-state index contributed by atoms with van der Waals surface area (Å²) in [5.41, 5.74) is 0. The Morgan fingerprint density at radius 1 is 0.864 bits per heavy atom. The van der Waals surface area contributed by atoms with Crippen molar-refractivity contribution in [3.8, 4) is 0 Å². The highest BCUT2D eigenvalue weighted by molar-refractivity contribution is 5.76. The highest BCUT2D eigenvalue weighted by Gasteiger charge is 2.55. The van der Waals surface area contributed by atoms with E-state index in [1.807, 2.05) is 0 Å². The maximum Gasteiger partial charge on any atom is 0.364 e. The van der Waals surface area contributed by atoms with E-state index >= 15 is 0 Å². The van der Waals surface area contributed by atoms with Crippen molar-refractivity contribution < 1.29 is 54.4 Å². The van der Waals surface area contributed by atoms with Crippen molar-refractivity contribution in [1.29, 1.82) is 0 Å². The molecule has 0 aromatic rings. The minimum atomic E-state index is -2.48. The van der Waals surface area contributed by atoms with E-state index in [-0.39, 0.29) is 6.61 Å². The van der Waals surface area contributed by atoms with Gasteiger partial charge in [-0.2, -0.15) is 0 Å². The Morgan fingerprint density at radius 3 is 1.82 bits per heavy atom. The summed E-state index contributed by atoms with van der Waals surface area (Å²) in [6.07, 6.45) is 11.7. The number of aliphatic hydroxyl groups is 5. The fraction of sp³-hybridized carbons (Fsp3) is 0.938. The number of carbonyl (C=O) groups is 2. The van der Waals surface area contributed by atoms with Gasteiger partial charge in [0.1, 0.15) is 24.4 Å². The minimum Gasteiger partial charge on any atom is -0.477 e. The average molecular weight is 636 g/mol. The van der Waals surface area contributed by atoms with Gasteiger partial charge in [0.05, 0.1) is 32.0 Å². The smallest absolute Gasteiger partial charge is 0.364 e. The molecule has 260 valence electrons. The van der Waals surface area contributed by atoms with Crippen LogP contribution >= 0.6 is 0 Å². The second-order valence-electron chi connectivity index (χ2n) is 12.2. The molecule has 7 atom stereocenters. The van der Waals surface area contributed by atoms with E-state index in [4.69, 9.17) is 14.2 Å². The minimum absolute atomic E-state index is 0.0964. The highest BCUT2D eigenvalue weighted by Crippen LogP contribution is 2.33. The summed E-state index contributed by atoms with van der Waals surface area (Å²) in [4.78, 5) is 23.8. The van der Waals surface area contributed by atoms with E-state index in [9.17, 15) is 40.2 Å². The lowest BCUT2D eigenvalue weighted by Crippen LogP contribution is -2.68. The largest absolute Gasteiger partial charge is 0.477 e. The molecule has 1 aliphatic rings. The standard InChI is InChI=1S/C32H61NO11/c1-3-4-5-6-7-8-9-10-11-12-13-14-15-16-17-18-19-42-22-25(36)23-43-32(31(40)41)20-26(37)28(33-24(2)35)30(44-32)29(39)27(38)21-34/h25-30,34,36-39H,3-23H2,1-2H3,(H,33,35)(H,40,41)/t25?,26-,27+,28+,29+,30+,32+/m0/s1. The van der Waals surface area contributed by atoms with Gasteiger partial charge in [0.25, 0.3) is 5.79 Å². The molecule has 1 rings (SSSR count). The molecule has 0 aliphatic carbocycles. The van der Waals surface area contributed by atoms with Crippen molar-refractivity contribution in [3.05, 3.63) is 0 Å². The number of rotatable bonds is 27. The molecule has 12 heteroatoms. The van der Waals surface area contributed by atoms with Crippen LogP contribution in [-0.4, -0.2) is 111 Å². The molecule has 7 N–H and O–H groups in total. The molecule has 0 spiro atoms. The van der Waals surface area contributed by atoms with Crippen molar-refractivity contribution in [2.45, 2.75) is 165 Å². The summed E-state index contributed by atoms with van der Waals surface area (Å²) in [7, 11) is 0. The third-order valence-corrected chi connectivity index (χ3v) is 8.15. The molecule has 1 saturated heterocycles. The highest BCUT2D eigenvalue weighted by atomic mass is 16.7. The zero-order valence-electron chi connectivity index (χ0n) is 27.0. The van der Waals surface area contributed by atoms with Crippen molar-refractivity contribution in [1.82, 2.24) is 5.32 Å². The number of carboxylic acid groups (broad SMARTS) is 1. The second kappa shape index (κ2) is 23.9. The SMILES string of the molecule is CCCCCCCCCCCCCCCCCCOCC(O)CO[C@]1(C(=O)O)C[C@H](O)[C@@H](NC(C)=O)[C@H]([C@H](O)[C@H](O)CO)O1. The maximum absolute atomic E-state index is 12.2. The second-order valence-corrected chi connectivity index (χ2v) is 12.2. The van der Waals surface area contributed by atoms with Crippen LogP contribution in [-0.2, 0) is 23.8 Å². The molecule has 1 amide bonds. The van der Waals surface area contributed by atoms with Crippen molar-refractivity contribution in [2.24, 2.45) is 0 Å². The summed E-state index contributed by atoms with van der Waals surface area (Å²) >= 11 is 0. The average Bonchev–Trinajstić information content (AvgIpc) is 2.99. The normalized spacial score (nSPS) is 24.1. The number of aliphatic carboxylic acids is 1. The molecule has 0 saturated carbocycles. The van der Waals surface area contributed by atoms with Gasteiger partial charge < -0.3 is 50.2 Å². The number of carbonyl (C=O) groups excluding carboxylic acids is 1. The number of nitrogens with one attached hydrogen (secondary N) is 1. The first-order chi connectivity index (χ1) is 21.1. The van der Waals surface area contributed by atoms with Gasteiger partial charge in [0, 0.05) is 20.0 Å². The van der Waals surface area contributed by atoms with Gasteiger partial charge in [-0.25, -0.2) is 4.79 Å². The van der Waals surface area contributed by atoms with E-state index in [1.165, 1.54) is 83.5 Å². The lowest BCUT2D eigenvalue weighted by molar-refractivity contribution is -0.315. The van der Waals surface area contributed by atoms with Crippen LogP contribution in [0.4, 0.5) is 0 Å². The van der Waals surface area contributed by atoms with Gasteiger partial charge in [0.15, 0.2) is 0 Å². The van der Waals surface area contributed by atoms with Crippen LogP contribution in [0.2, 0.25) is 0 Å². The number of hydrogen-bond acceptors (Lipinski definition) is 10. The first-order valence-corrected chi connectivity index (χ1v) is 16.8. The van der Waals surface area contributed by atoms with E-state index < -0.39 is 73.9 Å². The van der Waals surface area contributed by atoms with Gasteiger partial charge >= 0.3 is 5.97 Å². The first kappa shape index (κ1) is 40.6. The van der Waals surface area contributed by atoms with Gasteiger partial charge in [-0.1, -0.05) is 103 Å². The maximum atomic E-state index is 12.2. The van der Waals surface area contributed by atoms with E-state index in [0.29, 0.717) is 6.61 Å². The summed E-state index contributed by atoms with van der Waals surface area (Å²) in [5.74, 6) is -4.70. The Labute approximate surface area is 263 Å². The molecule has 44 heavy (non-hydrogen) atoms. The van der Waals surface area contributed by atoms with Crippen molar-refractivity contribution in [2.75, 3.05) is 26.4 Å². The molecule has 0 radical (unpaired) electrons. The predicted octanol–water partition coefficient (Wildman–Crippen LogP) is 2.79. The molecule has 1 unspecified atom stereocenters. The fourth-order valence-electron chi connectivity index (χ4n) is 5.53. The number of hydrogen-bond donors (Lipinski definition) is 7. The molecular formula is C32H61NO11. The van der Waals surface area contributed by atoms with Gasteiger partial charge in [-0.15, -0.1) is 0 Å². The fourth-order valence-corrected chi connectivity index (χ4v) is 5.53. The zero-order valence-corrected chi connectivity index (χ0v) is 27.0. The monoisotopic (exact) mass is 635 g/mol. The van der Waals surface area contributed by atoms with Crippen LogP contribution in [0, 0.1) is 0 Å². The summed E-state index contributed by atoms with van der Waals surface area (Å²) in [5, 5.41) is 62.8. The van der Waals surface area contributed by atoms with Gasteiger partial charge in [-0.05, 0) is 6.42 Å². The number of aliphatic hydroxyl groups excluding tert-OH is 5. The topological polar surface area (TPSA) is 195 Å². The van der Waals surface area contributed by atoms with Crippen molar-refractivity contribution >= 4 is 11.9 Å². The molecule has 1 heterocycles. The molecule has 1 aliphatic heterocycles. The molecular weight excluding hydrogens is 574 g/mol. The van der Waals surface area contributed by atoms with Crippen LogP contribution in [0.25, 0.3) is 0 Å². The third kappa shape index (κ3) is 16.3. The Hall–Kier alpha value is -1.38. The quantitative estimate of drug-likeness (QED) is 0.0656. The van der Waals surface area contributed by atoms with Crippen LogP contribution in [0.5, 0.6) is 0 Å². The summed E-state index contributed by atoms with van der Waals surface area (Å²) < 4.78 is 16.5. The Morgan fingerprint density at radius 2 is 1.36 bits per heavy atom. The van der Waals surface area contributed by atoms with Crippen molar-refractivity contribution in [3.63, 3.8) is 0 Å². The molecule has 12 nitrogen and oxygen atoms in total. The zero-order chi connectivity index (χ0) is 32.8. The number of amides is 1. The van der Waals surface area contributed by atoms with Gasteiger partial charge in [-0.3, -0.25) is 4.79 Å². The van der Waals surface area contributed by atoms with Crippen LogP contribution in [0.15, 0.2) is 0 Å². The van der Waals surface area contributed by atoms with E-state index in [2.05, 4.69) is 12.2 Å². The Balaban J connectivity index is 2.26. The lowest BCUT2D eigenvalue weighted by Gasteiger charge is -2.46.